The van der Waals surface area contributed by atoms with E-state index >= 15 is 0 Å². The molecule has 1 nitrogen and oxygen atoms in total. The van der Waals surface area contributed by atoms with Crippen LogP contribution in [0.1, 0.15) is 16.7 Å². The Kier molecular flexibility index (Phi) is 4.65. The maximum absolute atomic E-state index is 12.3. The summed E-state index contributed by atoms with van der Waals surface area (Å²) in [5, 5.41) is 0. The van der Waals surface area contributed by atoms with Crippen molar-refractivity contribution in [2.45, 2.75) is 32.1 Å². The molecule has 1 aromatic rings. The number of hydrogen-bond acceptors (Lipinski definition) is 2. The van der Waals surface area contributed by atoms with Gasteiger partial charge < -0.3 is 0 Å². The van der Waals surface area contributed by atoms with Gasteiger partial charge in [0.1, 0.15) is 0 Å². The van der Waals surface area contributed by atoms with Crippen LogP contribution < -0.4 is 0 Å². The summed E-state index contributed by atoms with van der Waals surface area (Å²) in [6, 6.07) is 2.97. The van der Waals surface area contributed by atoms with Gasteiger partial charge in [0.05, 0.1) is 0 Å². The third-order valence-electron chi connectivity index (χ3n) is 2.39. The second-order valence-electron chi connectivity index (χ2n) is 3.88. The van der Waals surface area contributed by atoms with Gasteiger partial charge in [-0.25, -0.2) is 0 Å². The summed E-state index contributed by atoms with van der Waals surface area (Å²) in [6.45, 7) is 1.80. The fourth-order valence-corrected chi connectivity index (χ4v) is 2.50. The molecule has 0 saturated carbocycles. The van der Waals surface area contributed by atoms with E-state index in [-0.39, 0.29) is 4.88 Å². The van der Waals surface area contributed by atoms with Crippen LogP contribution in [0, 0.1) is 5.92 Å². The molecule has 1 rings (SSSR count). The van der Waals surface area contributed by atoms with Crippen LogP contribution in [-0.4, -0.2) is 18.1 Å². The Hall–Kier alpha value is -1.05. The summed E-state index contributed by atoms with van der Waals surface area (Å²) in [5.41, 5.74) is 0. The highest BCUT2D eigenvalue weighted by Crippen LogP contribution is 2.40. The largest absolute Gasteiger partial charge is 0.407 e. The molecule has 0 aliphatic heterocycles. The first kappa shape index (κ1) is 16.0. The topological polar surface area (TPSA) is 17.1 Å². The maximum Gasteiger partial charge on any atom is 0.407 e. The quantitative estimate of drug-likeness (QED) is 0.763. The van der Waals surface area contributed by atoms with E-state index in [1.165, 1.54) is 6.07 Å². The van der Waals surface area contributed by atoms with Gasteiger partial charge in [0.15, 0.2) is 5.78 Å². The van der Waals surface area contributed by atoms with Crippen molar-refractivity contribution in [3.8, 4) is 0 Å². The number of aryl methyl sites for hydroxylation is 1. The number of alkyl halides is 6. The molecule has 108 valence electrons. The van der Waals surface area contributed by atoms with Crippen LogP contribution in [-0.2, 0) is 17.6 Å². The SMILES string of the molecule is CCc1ccc(CC(=O)C(C(F)(F)F)C(F)(F)F)s1. The number of hydrogen-bond donors (Lipinski definition) is 0. The third-order valence-corrected chi connectivity index (χ3v) is 3.62. The van der Waals surface area contributed by atoms with Crippen molar-refractivity contribution in [1.29, 1.82) is 0 Å². The normalized spacial score (nSPS) is 13.1. The number of Topliss-reactive ketones (excluding diaryl/α,β-unsaturated/α-hetero) is 1. The van der Waals surface area contributed by atoms with Gasteiger partial charge in [-0.15, -0.1) is 11.3 Å². The highest BCUT2D eigenvalue weighted by Gasteiger charge is 2.60. The molecule has 0 amide bonds. The fraction of sp³-hybridized carbons (Fsp3) is 0.545. The summed E-state index contributed by atoms with van der Waals surface area (Å²) in [7, 11) is 0. The molecule has 0 fully saturated rings. The van der Waals surface area contributed by atoms with Gasteiger partial charge >= 0.3 is 12.4 Å². The molecular weight excluding hydrogens is 294 g/mol. The number of halogens is 6. The molecular formula is C11H10F6OS. The highest BCUT2D eigenvalue weighted by atomic mass is 32.1. The molecule has 0 unspecified atom stereocenters. The molecule has 19 heavy (non-hydrogen) atoms. The first-order valence-corrected chi connectivity index (χ1v) is 6.11. The van der Waals surface area contributed by atoms with E-state index in [1.807, 2.05) is 0 Å². The second-order valence-corrected chi connectivity index (χ2v) is 5.13. The van der Waals surface area contributed by atoms with Crippen molar-refractivity contribution < 1.29 is 31.1 Å². The van der Waals surface area contributed by atoms with Gasteiger partial charge in [-0.05, 0) is 18.6 Å². The molecule has 0 radical (unpaired) electrons. The van der Waals surface area contributed by atoms with Crippen LogP contribution >= 0.6 is 11.3 Å². The molecule has 0 saturated heterocycles. The van der Waals surface area contributed by atoms with Crippen LogP contribution in [0.15, 0.2) is 12.1 Å². The van der Waals surface area contributed by atoms with E-state index in [1.54, 1.807) is 13.0 Å². The molecule has 0 aliphatic carbocycles. The van der Waals surface area contributed by atoms with E-state index in [4.69, 9.17) is 0 Å². The molecule has 1 aromatic heterocycles. The Morgan fingerprint density at radius 1 is 1.11 bits per heavy atom. The second kappa shape index (κ2) is 5.52. The van der Waals surface area contributed by atoms with E-state index in [2.05, 4.69) is 0 Å². The summed E-state index contributed by atoms with van der Waals surface area (Å²) >= 11 is 1.04. The standard InChI is InChI=1S/C11H10F6OS/c1-2-6-3-4-7(19-6)5-8(18)9(10(12,13)14)11(15,16)17/h3-4,9H,2,5H2,1H3. The molecule has 0 aliphatic rings. The van der Waals surface area contributed by atoms with E-state index in [9.17, 15) is 31.1 Å². The lowest BCUT2D eigenvalue weighted by Gasteiger charge is -2.21. The van der Waals surface area contributed by atoms with Gasteiger partial charge in [0.25, 0.3) is 0 Å². The Bertz CT molecular complexity index is 431. The molecule has 1 heterocycles. The Balaban J connectivity index is 2.90. The summed E-state index contributed by atoms with van der Waals surface area (Å²) in [4.78, 5) is 12.3. The summed E-state index contributed by atoms with van der Waals surface area (Å²) < 4.78 is 73.8. The third kappa shape index (κ3) is 4.22. The van der Waals surface area contributed by atoms with Crippen LogP contribution in [0.3, 0.4) is 0 Å². The molecule has 0 atom stereocenters. The fourth-order valence-electron chi connectivity index (χ4n) is 1.53. The molecule has 0 aromatic carbocycles. The minimum absolute atomic E-state index is 0.209. The first-order valence-electron chi connectivity index (χ1n) is 5.29. The van der Waals surface area contributed by atoms with Crippen molar-refractivity contribution >= 4 is 17.1 Å². The lowest BCUT2D eigenvalue weighted by atomic mass is 10.00. The predicted octanol–water partition coefficient (Wildman–Crippen LogP) is 4.16. The van der Waals surface area contributed by atoms with Crippen LogP contribution in [0.2, 0.25) is 0 Å². The minimum atomic E-state index is -5.61. The van der Waals surface area contributed by atoms with Crippen LogP contribution in [0.4, 0.5) is 26.3 Å². The zero-order valence-electron chi connectivity index (χ0n) is 9.73. The van der Waals surface area contributed by atoms with Gasteiger partial charge in [-0.1, -0.05) is 6.92 Å². The zero-order chi connectivity index (χ0) is 14.8. The molecule has 0 bridgehead atoms. The number of rotatable bonds is 4. The first-order chi connectivity index (χ1) is 8.55. The van der Waals surface area contributed by atoms with Crippen LogP contribution in [0.5, 0.6) is 0 Å². The highest BCUT2D eigenvalue weighted by molar-refractivity contribution is 7.12. The van der Waals surface area contributed by atoms with Crippen molar-refractivity contribution in [2.24, 2.45) is 5.92 Å². The number of thiophene rings is 1. The van der Waals surface area contributed by atoms with E-state index in [0.717, 1.165) is 16.2 Å². The Morgan fingerprint density at radius 3 is 1.95 bits per heavy atom. The lowest BCUT2D eigenvalue weighted by Crippen LogP contribution is -2.43. The van der Waals surface area contributed by atoms with Gasteiger partial charge in [0.2, 0.25) is 5.92 Å². The van der Waals surface area contributed by atoms with Crippen LogP contribution in [0.25, 0.3) is 0 Å². The van der Waals surface area contributed by atoms with Gasteiger partial charge in [0, 0.05) is 16.2 Å². The van der Waals surface area contributed by atoms with Crippen molar-refractivity contribution in [3.63, 3.8) is 0 Å². The lowest BCUT2D eigenvalue weighted by molar-refractivity contribution is -0.273. The average Bonchev–Trinajstić information content (AvgIpc) is 2.60. The molecule has 8 heteroatoms. The van der Waals surface area contributed by atoms with Crippen molar-refractivity contribution in [3.05, 3.63) is 21.9 Å². The molecule has 0 spiro atoms. The maximum atomic E-state index is 12.3. The average molecular weight is 304 g/mol. The smallest absolute Gasteiger partial charge is 0.298 e. The zero-order valence-corrected chi connectivity index (χ0v) is 10.5. The van der Waals surface area contributed by atoms with E-state index in [0.29, 0.717) is 6.42 Å². The van der Waals surface area contributed by atoms with Crippen molar-refractivity contribution in [2.75, 3.05) is 0 Å². The van der Waals surface area contributed by atoms with Gasteiger partial charge in [-0.2, -0.15) is 26.3 Å². The Labute approximate surface area is 109 Å². The minimum Gasteiger partial charge on any atom is -0.298 e. The summed E-state index contributed by atoms with van der Waals surface area (Å²) in [6.07, 6.45) is -11.5. The number of carbonyl (C=O) groups excluding carboxylic acids is 1. The summed E-state index contributed by atoms with van der Waals surface area (Å²) in [5.74, 6) is -5.78. The molecule has 0 N–H and O–H groups in total. The van der Waals surface area contributed by atoms with Crippen molar-refractivity contribution in [1.82, 2.24) is 0 Å². The number of carbonyl (C=O) groups is 1. The predicted molar refractivity (Wildman–Crippen MR) is 58.0 cm³/mol. The Morgan fingerprint density at radius 2 is 1.58 bits per heavy atom. The number of ketones is 1. The van der Waals surface area contributed by atoms with Gasteiger partial charge in [-0.3, -0.25) is 4.79 Å². The van der Waals surface area contributed by atoms with E-state index < -0.39 is 30.5 Å². The monoisotopic (exact) mass is 304 g/mol.